The van der Waals surface area contributed by atoms with Crippen molar-refractivity contribution in [3.8, 4) is 5.69 Å². The van der Waals surface area contributed by atoms with Crippen LogP contribution in [0.1, 0.15) is 11.1 Å². The lowest BCUT2D eigenvalue weighted by Gasteiger charge is -2.16. The molecule has 1 saturated heterocycles. The Kier molecular flexibility index (Phi) is 5.10. The predicted octanol–water partition coefficient (Wildman–Crippen LogP) is 2.65. The summed E-state index contributed by atoms with van der Waals surface area (Å²) in [5, 5.41) is 3.56. The van der Waals surface area contributed by atoms with Gasteiger partial charge in [0.1, 0.15) is 0 Å². The van der Waals surface area contributed by atoms with Crippen molar-refractivity contribution in [1.29, 1.82) is 0 Å². The summed E-state index contributed by atoms with van der Waals surface area (Å²) in [6.45, 7) is 4.75. The standard InChI is InChI=1S/C21H20N4O3S/c1-13-9-14(2)11-15(10-13)25-19(27)16-5-3-4-6-17(16)23-21(25)29-12-18(26)24-8-7-22-20(24)28/h3-6,9-11H,7-8,12H2,1-2H3,(H,22,28). The van der Waals surface area contributed by atoms with Crippen LogP contribution in [0.15, 0.2) is 52.4 Å². The van der Waals surface area contributed by atoms with Crippen molar-refractivity contribution in [2.24, 2.45) is 0 Å². The zero-order chi connectivity index (χ0) is 20.5. The van der Waals surface area contributed by atoms with Crippen LogP contribution in [-0.4, -0.2) is 45.2 Å². The van der Waals surface area contributed by atoms with E-state index in [1.807, 2.05) is 38.1 Å². The lowest BCUT2D eigenvalue weighted by molar-refractivity contribution is -0.124. The van der Waals surface area contributed by atoms with E-state index >= 15 is 0 Å². The number of hydrogen-bond donors (Lipinski definition) is 1. The molecule has 0 radical (unpaired) electrons. The van der Waals surface area contributed by atoms with Crippen molar-refractivity contribution in [1.82, 2.24) is 19.8 Å². The van der Waals surface area contributed by atoms with E-state index in [9.17, 15) is 14.4 Å². The summed E-state index contributed by atoms with van der Waals surface area (Å²) in [4.78, 5) is 43.3. The number of nitrogens with zero attached hydrogens (tertiary/aromatic N) is 3. The zero-order valence-electron chi connectivity index (χ0n) is 16.1. The van der Waals surface area contributed by atoms with Gasteiger partial charge in [-0.15, -0.1) is 0 Å². The summed E-state index contributed by atoms with van der Waals surface area (Å²) in [5.41, 5.74) is 3.16. The Hall–Kier alpha value is -3.13. The van der Waals surface area contributed by atoms with Gasteiger partial charge in [-0.25, -0.2) is 9.78 Å². The number of thioether (sulfide) groups is 1. The topological polar surface area (TPSA) is 84.3 Å². The van der Waals surface area contributed by atoms with E-state index in [4.69, 9.17) is 0 Å². The third kappa shape index (κ3) is 3.75. The summed E-state index contributed by atoms with van der Waals surface area (Å²) >= 11 is 1.16. The molecule has 8 heteroatoms. The van der Waals surface area contributed by atoms with Crippen LogP contribution >= 0.6 is 11.8 Å². The summed E-state index contributed by atoms with van der Waals surface area (Å²) in [6.07, 6.45) is 0. The predicted molar refractivity (Wildman–Crippen MR) is 113 cm³/mol. The monoisotopic (exact) mass is 408 g/mol. The number of para-hydroxylation sites is 1. The molecule has 2 aromatic carbocycles. The van der Waals surface area contributed by atoms with Gasteiger partial charge in [0.15, 0.2) is 5.16 Å². The van der Waals surface area contributed by atoms with Crippen LogP contribution in [0.2, 0.25) is 0 Å². The molecule has 0 unspecified atom stereocenters. The maximum absolute atomic E-state index is 13.3. The largest absolute Gasteiger partial charge is 0.336 e. The van der Waals surface area contributed by atoms with Crippen LogP contribution < -0.4 is 10.9 Å². The van der Waals surface area contributed by atoms with Gasteiger partial charge in [0.05, 0.1) is 22.3 Å². The number of carbonyl (C=O) groups excluding carboxylic acids is 2. The number of imide groups is 1. The third-order valence-electron chi connectivity index (χ3n) is 4.69. The third-order valence-corrected chi connectivity index (χ3v) is 5.62. The minimum absolute atomic E-state index is 0.0169. The highest BCUT2D eigenvalue weighted by molar-refractivity contribution is 7.99. The van der Waals surface area contributed by atoms with Gasteiger partial charge in [0.25, 0.3) is 5.56 Å². The first-order valence-corrected chi connectivity index (χ1v) is 10.2. The Morgan fingerprint density at radius 2 is 1.86 bits per heavy atom. The fraction of sp³-hybridized carbons (Fsp3) is 0.238. The number of aryl methyl sites for hydroxylation is 2. The molecule has 2 heterocycles. The lowest BCUT2D eigenvalue weighted by atomic mass is 10.1. The van der Waals surface area contributed by atoms with E-state index in [-0.39, 0.29) is 23.3 Å². The second kappa shape index (κ2) is 7.71. The summed E-state index contributed by atoms with van der Waals surface area (Å²) < 4.78 is 1.55. The number of nitrogens with one attached hydrogen (secondary N) is 1. The van der Waals surface area contributed by atoms with Crippen LogP contribution in [-0.2, 0) is 4.79 Å². The molecule has 148 valence electrons. The van der Waals surface area contributed by atoms with Crippen LogP contribution in [0.25, 0.3) is 16.6 Å². The van der Waals surface area contributed by atoms with Gasteiger partial charge >= 0.3 is 6.03 Å². The van der Waals surface area contributed by atoms with Crippen molar-refractivity contribution in [3.05, 3.63) is 63.9 Å². The van der Waals surface area contributed by atoms with Crippen molar-refractivity contribution >= 4 is 34.6 Å². The Morgan fingerprint density at radius 3 is 2.55 bits per heavy atom. The molecule has 0 saturated carbocycles. The van der Waals surface area contributed by atoms with Crippen LogP contribution in [0.3, 0.4) is 0 Å². The molecule has 4 rings (SSSR count). The highest BCUT2D eigenvalue weighted by Crippen LogP contribution is 2.23. The number of benzene rings is 2. The fourth-order valence-corrected chi connectivity index (χ4v) is 4.32. The zero-order valence-corrected chi connectivity index (χ0v) is 17.0. The molecule has 0 atom stereocenters. The molecule has 1 aromatic heterocycles. The molecule has 1 aliphatic heterocycles. The smallest absolute Gasteiger partial charge is 0.324 e. The number of hydrogen-bond acceptors (Lipinski definition) is 5. The minimum Gasteiger partial charge on any atom is -0.336 e. The van der Waals surface area contributed by atoms with Crippen LogP contribution in [0, 0.1) is 13.8 Å². The Labute approximate surface area is 171 Å². The first-order chi connectivity index (χ1) is 13.9. The average Bonchev–Trinajstić information content (AvgIpc) is 3.11. The normalized spacial score (nSPS) is 13.7. The van der Waals surface area contributed by atoms with Gasteiger partial charge in [-0.05, 0) is 49.2 Å². The van der Waals surface area contributed by atoms with E-state index in [1.54, 1.807) is 22.8 Å². The second-order valence-corrected chi connectivity index (χ2v) is 7.91. The number of amides is 3. The molecular formula is C21H20N4O3S. The maximum atomic E-state index is 13.3. The van der Waals surface area contributed by atoms with E-state index in [0.717, 1.165) is 22.9 Å². The van der Waals surface area contributed by atoms with Gasteiger partial charge < -0.3 is 5.32 Å². The first-order valence-electron chi connectivity index (χ1n) is 9.25. The quantitative estimate of drug-likeness (QED) is 0.530. The molecule has 0 spiro atoms. The maximum Gasteiger partial charge on any atom is 0.324 e. The van der Waals surface area contributed by atoms with Crippen molar-refractivity contribution in [3.63, 3.8) is 0 Å². The van der Waals surface area contributed by atoms with E-state index in [1.165, 1.54) is 4.90 Å². The average molecular weight is 408 g/mol. The Bertz CT molecular complexity index is 1170. The highest BCUT2D eigenvalue weighted by atomic mass is 32.2. The van der Waals surface area contributed by atoms with Gasteiger partial charge in [-0.2, -0.15) is 0 Å². The van der Waals surface area contributed by atoms with Crippen molar-refractivity contribution in [2.75, 3.05) is 18.8 Å². The lowest BCUT2D eigenvalue weighted by Crippen LogP contribution is -2.35. The summed E-state index contributed by atoms with van der Waals surface area (Å²) in [6, 6.07) is 12.7. The van der Waals surface area contributed by atoms with Gasteiger partial charge in [0.2, 0.25) is 5.91 Å². The molecule has 3 aromatic rings. The molecule has 0 aliphatic carbocycles. The van der Waals surface area contributed by atoms with E-state index < -0.39 is 0 Å². The highest BCUT2D eigenvalue weighted by Gasteiger charge is 2.26. The number of aromatic nitrogens is 2. The Balaban J connectivity index is 1.78. The SMILES string of the molecule is Cc1cc(C)cc(-n2c(SCC(=O)N3CCNC3=O)nc3ccccc3c2=O)c1. The number of rotatable bonds is 4. The molecular weight excluding hydrogens is 388 g/mol. The van der Waals surface area contributed by atoms with Gasteiger partial charge in [-0.1, -0.05) is 30.0 Å². The molecule has 3 amide bonds. The van der Waals surface area contributed by atoms with Crippen molar-refractivity contribution < 1.29 is 9.59 Å². The van der Waals surface area contributed by atoms with E-state index in [0.29, 0.717) is 34.8 Å². The van der Waals surface area contributed by atoms with Gasteiger partial charge in [-0.3, -0.25) is 19.1 Å². The molecule has 29 heavy (non-hydrogen) atoms. The molecule has 7 nitrogen and oxygen atoms in total. The number of fused-ring (bicyclic) bond motifs is 1. The first kappa shape index (κ1) is 19.2. The molecule has 1 fully saturated rings. The molecule has 1 aliphatic rings. The van der Waals surface area contributed by atoms with Crippen molar-refractivity contribution in [2.45, 2.75) is 19.0 Å². The van der Waals surface area contributed by atoms with Gasteiger partial charge in [0, 0.05) is 13.1 Å². The molecule has 1 N–H and O–H groups in total. The minimum atomic E-state index is -0.381. The molecule has 0 bridgehead atoms. The number of carbonyl (C=O) groups is 2. The fourth-order valence-electron chi connectivity index (χ4n) is 3.43. The number of urea groups is 1. The van der Waals surface area contributed by atoms with Crippen LogP contribution in [0.4, 0.5) is 4.79 Å². The second-order valence-electron chi connectivity index (χ2n) is 6.96. The summed E-state index contributed by atoms with van der Waals surface area (Å²) in [5.74, 6) is -0.289. The Morgan fingerprint density at radius 1 is 1.14 bits per heavy atom. The van der Waals surface area contributed by atoms with Crippen LogP contribution in [0.5, 0.6) is 0 Å². The summed E-state index contributed by atoms with van der Waals surface area (Å²) in [7, 11) is 0. The van der Waals surface area contributed by atoms with E-state index in [2.05, 4.69) is 10.3 Å².